The van der Waals surface area contributed by atoms with Gasteiger partial charge in [-0.3, -0.25) is 10.1 Å². The van der Waals surface area contributed by atoms with Crippen molar-refractivity contribution < 1.29 is 13.8 Å². The van der Waals surface area contributed by atoms with Gasteiger partial charge in [0.25, 0.3) is 0 Å². The predicted molar refractivity (Wildman–Crippen MR) is 137 cm³/mol. The second-order valence-corrected chi connectivity index (χ2v) is 8.51. The standard InChI is InChI=1S/C25H25N5O5.ClH/c31-25-29(17-18-4-2-1-3-5-18)27-24(35-25)19-12-14-28(15-13-19)21-8-6-20(7-9-21)26-16-22-10-11-23(34-22)30(32)33;/h1-11,19,26H,12-17H2;1H. The molecule has 10 nitrogen and oxygen atoms in total. The van der Waals surface area contributed by atoms with Gasteiger partial charge < -0.3 is 19.1 Å². The van der Waals surface area contributed by atoms with Crippen molar-refractivity contribution in [1.82, 2.24) is 9.78 Å². The highest BCUT2D eigenvalue weighted by Gasteiger charge is 2.26. The maximum atomic E-state index is 12.3. The first kappa shape index (κ1) is 25.1. The number of aromatic nitrogens is 2. The SMILES string of the molecule is Cl.O=c1oc(C2CCN(c3ccc(NCc4ccc([N+](=O)[O-])o4)cc3)CC2)nn1Cc1ccccc1. The molecule has 1 fully saturated rings. The first-order valence-electron chi connectivity index (χ1n) is 11.5. The Morgan fingerprint density at radius 1 is 1.00 bits per heavy atom. The van der Waals surface area contributed by atoms with E-state index in [2.05, 4.69) is 15.3 Å². The van der Waals surface area contributed by atoms with Crippen molar-refractivity contribution in [2.75, 3.05) is 23.3 Å². The van der Waals surface area contributed by atoms with Gasteiger partial charge in [0.2, 0.25) is 5.89 Å². The molecule has 4 aromatic rings. The van der Waals surface area contributed by atoms with E-state index in [1.165, 1.54) is 10.7 Å². The number of furan rings is 1. The van der Waals surface area contributed by atoms with Crippen molar-refractivity contribution in [3.05, 3.63) is 105 Å². The van der Waals surface area contributed by atoms with Gasteiger partial charge >= 0.3 is 11.6 Å². The van der Waals surface area contributed by atoms with Gasteiger partial charge in [-0.2, -0.15) is 4.68 Å². The van der Waals surface area contributed by atoms with Crippen LogP contribution in [0, 0.1) is 10.1 Å². The molecule has 0 spiro atoms. The summed E-state index contributed by atoms with van der Waals surface area (Å²) in [5.41, 5.74) is 3.01. The molecule has 5 rings (SSSR count). The zero-order chi connectivity index (χ0) is 24.2. The summed E-state index contributed by atoms with van der Waals surface area (Å²) in [6, 6.07) is 20.7. The number of hydrogen-bond acceptors (Lipinski definition) is 8. The predicted octanol–water partition coefficient (Wildman–Crippen LogP) is 4.80. The summed E-state index contributed by atoms with van der Waals surface area (Å²) in [5.74, 6) is 0.458. The van der Waals surface area contributed by atoms with Crippen LogP contribution >= 0.6 is 12.4 Å². The van der Waals surface area contributed by atoms with Crippen LogP contribution in [0.3, 0.4) is 0 Å². The summed E-state index contributed by atoms with van der Waals surface area (Å²) in [6.45, 7) is 2.44. The topological polar surface area (TPSA) is 120 Å². The molecule has 1 aliphatic heterocycles. The number of hydrogen-bond donors (Lipinski definition) is 1. The molecule has 0 unspecified atom stereocenters. The Balaban J connectivity index is 0.00000304. The van der Waals surface area contributed by atoms with Crippen LogP contribution in [0.1, 0.15) is 36.0 Å². The first-order chi connectivity index (χ1) is 17.0. The molecule has 36 heavy (non-hydrogen) atoms. The lowest BCUT2D eigenvalue weighted by Crippen LogP contribution is -2.33. The number of nitrogens with zero attached hydrogens (tertiary/aromatic N) is 4. The average Bonchev–Trinajstić information content (AvgIpc) is 3.51. The quantitative estimate of drug-likeness (QED) is 0.264. The van der Waals surface area contributed by atoms with Crippen LogP contribution in [-0.4, -0.2) is 27.8 Å². The third-order valence-corrected chi connectivity index (χ3v) is 6.17. The van der Waals surface area contributed by atoms with Gasteiger partial charge in [0, 0.05) is 30.4 Å². The summed E-state index contributed by atoms with van der Waals surface area (Å²) in [7, 11) is 0. The molecule has 1 N–H and O–H groups in total. The summed E-state index contributed by atoms with van der Waals surface area (Å²) in [4.78, 5) is 24.7. The van der Waals surface area contributed by atoms with E-state index in [1.54, 1.807) is 6.07 Å². The number of piperidine rings is 1. The van der Waals surface area contributed by atoms with Gasteiger partial charge in [0.05, 0.1) is 19.2 Å². The Hall–Kier alpha value is -4.05. The van der Waals surface area contributed by atoms with Crippen molar-refractivity contribution in [1.29, 1.82) is 0 Å². The highest BCUT2D eigenvalue weighted by atomic mass is 35.5. The van der Waals surface area contributed by atoms with E-state index in [0.29, 0.717) is 24.7 Å². The van der Waals surface area contributed by atoms with Crippen molar-refractivity contribution in [3.8, 4) is 0 Å². The van der Waals surface area contributed by atoms with Gasteiger partial charge in [-0.05, 0) is 48.7 Å². The van der Waals surface area contributed by atoms with Gasteiger partial charge in [-0.1, -0.05) is 30.3 Å². The molecule has 1 saturated heterocycles. The second-order valence-electron chi connectivity index (χ2n) is 8.51. The molecule has 0 aliphatic carbocycles. The molecule has 188 valence electrons. The lowest BCUT2D eigenvalue weighted by Gasteiger charge is -2.32. The summed E-state index contributed by atoms with van der Waals surface area (Å²) < 4.78 is 12.0. The van der Waals surface area contributed by atoms with Crippen LogP contribution in [0.4, 0.5) is 17.3 Å². The molecule has 1 aliphatic rings. The number of benzene rings is 2. The minimum Gasteiger partial charge on any atom is -0.404 e. The molecule has 0 saturated carbocycles. The summed E-state index contributed by atoms with van der Waals surface area (Å²) in [6.07, 6.45) is 1.70. The number of anilines is 2. The van der Waals surface area contributed by atoms with E-state index in [4.69, 9.17) is 8.83 Å². The summed E-state index contributed by atoms with van der Waals surface area (Å²) in [5, 5.41) is 18.4. The first-order valence-corrected chi connectivity index (χ1v) is 11.5. The Kier molecular flexibility index (Phi) is 7.74. The summed E-state index contributed by atoms with van der Waals surface area (Å²) >= 11 is 0. The second kappa shape index (κ2) is 11.1. The van der Waals surface area contributed by atoms with Crippen LogP contribution in [-0.2, 0) is 13.1 Å². The van der Waals surface area contributed by atoms with Gasteiger partial charge in [-0.25, -0.2) is 4.79 Å². The Morgan fingerprint density at radius 3 is 2.39 bits per heavy atom. The third-order valence-electron chi connectivity index (χ3n) is 6.17. The highest BCUT2D eigenvalue weighted by Crippen LogP contribution is 2.30. The molecular formula is C25H26ClN5O5. The van der Waals surface area contributed by atoms with Crippen LogP contribution < -0.4 is 16.0 Å². The largest absolute Gasteiger partial charge is 0.437 e. The van der Waals surface area contributed by atoms with Crippen LogP contribution in [0.15, 0.2) is 80.4 Å². The molecule has 0 bridgehead atoms. The normalized spacial score (nSPS) is 13.8. The van der Waals surface area contributed by atoms with Crippen LogP contribution in [0.5, 0.6) is 0 Å². The molecular weight excluding hydrogens is 486 g/mol. The fraction of sp³-hybridized carbons (Fsp3) is 0.280. The highest BCUT2D eigenvalue weighted by molar-refractivity contribution is 5.85. The lowest BCUT2D eigenvalue weighted by molar-refractivity contribution is -0.402. The Bertz CT molecular complexity index is 1340. The van der Waals surface area contributed by atoms with E-state index in [-0.39, 0.29) is 24.2 Å². The van der Waals surface area contributed by atoms with E-state index in [1.807, 2.05) is 54.6 Å². The van der Waals surface area contributed by atoms with E-state index in [9.17, 15) is 14.9 Å². The maximum Gasteiger partial charge on any atom is 0.437 e. The van der Waals surface area contributed by atoms with Crippen molar-refractivity contribution in [2.24, 2.45) is 0 Å². The smallest absolute Gasteiger partial charge is 0.404 e. The number of nitro groups is 1. The van der Waals surface area contributed by atoms with E-state index >= 15 is 0 Å². The van der Waals surface area contributed by atoms with Crippen molar-refractivity contribution in [3.63, 3.8) is 0 Å². The van der Waals surface area contributed by atoms with E-state index in [0.717, 1.165) is 42.9 Å². The van der Waals surface area contributed by atoms with Crippen LogP contribution in [0.2, 0.25) is 0 Å². The van der Waals surface area contributed by atoms with Crippen LogP contribution in [0.25, 0.3) is 0 Å². The lowest BCUT2D eigenvalue weighted by atomic mass is 9.96. The van der Waals surface area contributed by atoms with Gasteiger partial charge in [-0.15, -0.1) is 17.5 Å². The zero-order valence-corrected chi connectivity index (χ0v) is 20.2. The molecule has 0 amide bonds. The number of rotatable bonds is 8. The van der Waals surface area contributed by atoms with E-state index < -0.39 is 10.7 Å². The van der Waals surface area contributed by atoms with Gasteiger partial charge in [0.15, 0.2) is 0 Å². The fourth-order valence-corrected chi connectivity index (χ4v) is 4.27. The zero-order valence-electron chi connectivity index (χ0n) is 19.4. The molecule has 2 aromatic heterocycles. The fourth-order valence-electron chi connectivity index (χ4n) is 4.27. The number of nitrogens with one attached hydrogen (secondary N) is 1. The third kappa shape index (κ3) is 5.77. The maximum absolute atomic E-state index is 12.3. The van der Waals surface area contributed by atoms with Crippen molar-refractivity contribution >= 4 is 29.7 Å². The monoisotopic (exact) mass is 511 g/mol. The van der Waals surface area contributed by atoms with Gasteiger partial charge in [0.1, 0.15) is 10.7 Å². The molecule has 11 heteroatoms. The minimum absolute atomic E-state index is 0. The van der Waals surface area contributed by atoms with Crippen molar-refractivity contribution in [2.45, 2.75) is 31.8 Å². The molecule has 0 atom stereocenters. The molecule has 0 radical (unpaired) electrons. The Morgan fingerprint density at radius 2 is 1.72 bits per heavy atom. The average molecular weight is 512 g/mol. The number of halogens is 1. The minimum atomic E-state index is -0.550. The Labute approximate surface area is 213 Å². The molecule has 2 aromatic carbocycles. The molecule has 3 heterocycles.